The summed E-state index contributed by atoms with van der Waals surface area (Å²) in [6.07, 6.45) is 1.39. The van der Waals surface area contributed by atoms with Crippen molar-refractivity contribution in [2.45, 2.75) is 31.8 Å². The molecule has 4 N–H and O–H groups in total. The number of rotatable bonds is 4. The van der Waals surface area contributed by atoms with Gasteiger partial charge in [0.15, 0.2) is 0 Å². The molecule has 0 saturated heterocycles. The third kappa shape index (κ3) is 3.40. The van der Waals surface area contributed by atoms with E-state index in [0.717, 1.165) is 12.0 Å². The van der Waals surface area contributed by atoms with Crippen molar-refractivity contribution in [3.05, 3.63) is 35.4 Å². The standard InChI is InChI=1S/C15H21N3O3/c1-9-3-5-10(6-4-9)14(19)17-13-11(15(20)18-21)7-8-12(13)16-2/h3-6,11-13,16,21H,7-8H2,1-2H3,(H,17,19)(H,18,20). The molecule has 6 nitrogen and oxygen atoms in total. The first-order valence-corrected chi connectivity index (χ1v) is 7.05. The lowest BCUT2D eigenvalue weighted by Gasteiger charge is -2.24. The Balaban J connectivity index is 2.12. The second kappa shape index (κ2) is 6.69. The molecule has 114 valence electrons. The highest BCUT2D eigenvalue weighted by Crippen LogP contribution is 2.26. The fourth-order valence-electron chi connectivity index (χ4n) is 2.84. The maximum Gasteiger partial charge on any atom is 0.251 e. The van der Waals surface area contributed by atoms with Gasteiger partial charge >= 0.3 is 0 Å². The maximum atomic E-state index is 12.3. The van der Waals surface area contributed by atoms with Gasteiger partial charge in [0.05, 0.1) is 12.0 Å². The Morgan fingerprint density at radius 1 is 1.19 bits per heavy atom. The number of hydrogen-bond donors (Lipinski definition) is 4. The van der Waals surface area contributed by atoms with Crippen molar-refractivity contribution < 1.29 is 14.8 Å². The number of aryl methyl sites for hydroxylation is 1. The van der Waals surface area contributed by atoms with Crippen molar-refractivity contribution in [2.75, 3.05) is 7.05 Å². The molecule has 0 radical (unpaired) electrons. The monoisotopic (exact) mass is 291 g/mol. The summed E-state index contributed by atoms with van der Waals surface area (Å²) in [4.78, 5) is 24.0. The first-order chi connectivity index (χ1) is 10.1. The Hall–Kier alpha value is -1.92. The highest BCUT2D eigenvalue weighted by Gasteiger charge is 2.40. The minimum Gasteiger partial charge on any atom is -0.347 e. The van der Waals surface area contributed by atoms with Gasteiger partial charge in [-0.05, 0) is 38.9 Å². The smallest absolute Gasteiger partial charge is 0.251 e. The number of carbonyl (C=O) groups is 2. The molecule has 6 heteroatoms. The summed E-state index contributed by atoms with van der Waals surface area (Å²) < 4.78 is 0. The van der Waals surface area contributed by atoms with Crippen LogP contribution in [0.1, 0.15) is 28.8 Å². The normalized spacial score (nSPS) is 24.6. The van der Waals surface area contributed by atoms with Crippen LogP contribution < -0.4 is 16.1 Å². The summed E-state index contributed by atoms with van der Waals surface area (Å²) in [7, 11) is 1.80. The molecule has 1 aromatic rings. The molecule has 3 atom stereocenters. The van der Waals surface area contributed by atoms with Gasteiger partial charge in [0.2, 0.25) is 5.91 Å². The predicted molar refractivity (Wildman–Crippen MR) is 77.9 cm³/mol. The van der Waals surface area contributed by atoms with Crippen LogP contribution in [0.4, 0.5) is 0 Å². The summed E-state index contributed by atoms with van der Waals surface area (Å²) in [6.45, 7) is 1.96. The Labute approximate surface area is 123 Å². The minimum absolute atomic E-state index is 0.0155. The number of likely N-dealkylation sites (N-methyl/N-ethyl adjacent to an activating group) is 1. The fourth-order valence-corrected chi connectivity index (χ4v) is 2.84. The van der Waals surface area contributed by atoms with Crippen molar-refractivity contribution in [1.29, 1.82) is 0 Å². The third-order valence-electron chi connectivity index (χ3n) is 4.08. The third-order valence-corrected chi connectivity index (χ3v) is 4.08. The quantitative estimate of drug-likeness (QED) is 0.483. The van der Waals surface area contributed by atoms with E-state index in [9.17, 15) is 9.59 Å². The summed E-state index contributed by atoms with van der Waals surface area (Å²) in [5.41, 5.74) is 3.33. The molecule has 0 spiro atoms. The van der Waals surface area contributed by atoms with E-state index >= 15 is 0 Å². The zero-order chi connectivity index (χ0) is 15.4. The van der Waals surface area contributed by atoms with E-state index in [-0.39, 0.29) is 18.0 Å². The van der Waals surface area contributed by atoms with Gasteiger partial charge in [0, 0.05) is 11.6 Å². The fraction of sp³-hybridized carbons (Fsp3) is 0.467. The Morgan fingerprint density at radius 2 is 1.86 bits per heavy atom. The largest absolute Gasteiger partial charge is 0.347 e. The van der Waals surface area contributed by atoms with Crippen LogP contribution in [-0.4, -0.2) is 36.2 Å². The molecule has 1 aliphatic carbocycles. The van der Waals surface area contributed by atoms with Gasteiger partial charge < -0.3 is 10.6 Å². The molecular formula is C15H21N3O3. The highest BCUT2D eigenvalue weighted by molar-refractivity contribution is 5.95. The molecule has 21 heavy (non-hydrogen) atoms. The van der Waals surface area contributed by atoms with E-state index in [4.69, 9.17) is 5.21 Å². The Kier molecular flexibility index (Phi) is 4.93. The van der Waals surface area contributed by atoms with Gasteiger partial charge in [0.1, 0.15) is 0 Å². The van der Waals surface area contributed by atoms with Crippen LogP contribution in [0.25, 0.3) is 0 Å². The first kappa shape index (κ1) is 15.5. The van der Waals surface area contributed by atoms with Gasteiger partial charge in [-0.2, -0.15) is 0 Å². The number of carbonyl (C=O) groups excluding carboxylic acids is 2. The van der Waals surface area contributed by atoms with E-state index in [0.29, 0.717) is 12.0 Å². The molecule has 1 saturated carbocycles. The van der Waals surface area contributed by atoms with Crippen LogP contribution in [0.5, 0.6) is 0 Å². The molecule has 1 aliphatic rings. The molecule has 1 fully saturated rings. The Bertz CT molecular complexity index is 515. The second-order valence-electron chi connectivity index (χ2n) is 5.42. The molecule has 0 aliphatic heterocycles. The Morgan fingerprint density at radius 3 is 2.43 bits per heavy atom. The lowest BCUT2D eigenvalue weighted by atomic mass is 10.0. The van der Waals surface area contributed by atoms with E-state index in [1.54, 1.807) is 24.7 Å². The highest BCUT2D eigenvalue weighted by atomic mass is 16.5. The predicted octanol–water partition coefficient (Wildman–Crippen LogP) is 0.597. The topological polar surface area (TPSA) is 90.5 Å². The molecule has 0 aromatic heterocycles. The first-order valence-electron chi connectivity index (χ1n) is 7.05. The lowest BCUT2D eigenvalue weighted by molar-refractivity contribution is -0.133. The number of amides is 2. The zero-order valence-corrected chi connectivity index (χ0v) is 12.2. The molecule has 1 aromatic carbocycles. The number of hydrogen-bond acceptors (Lipinski definition) is 4. The van der Waals surface area contributed by atoms with Gasteiger partial charge in [-0.1, -0.05) is 17.7 Å². The van der Waals surface area contributed by atoms with Crippen molar-refractivity contribution in [1.82, 2.24) is 16.1 Å². The van der Waals surface area contributed by atoms with Crippen molar-refractivity contribution in [3.8, 4) is 0 Å². The molecule has 0 heterocycles. The molecule has 3 unspecified atom stereocenters. The second-order valence-corrected chi connectivity index (χ2v) is 5.42. The van der Waals surface area contributed by atoms with Gasteiger partial charge in [0.25, 0.3) is 5.91 Å². The van der Waals surface area contributed by atoms with Crippen LogP contribution in [0, 0.1) is 12.8 Å². The summed E-state index contributed by atoms with van der Waals surface area (Å²) in [5, 5.41) is 14.8. The van der Waals surface area contributed by atoms with Crippen LogP contribution in [-0.2, 0) is 4.79 Å². The van der Waals surface area contributed by atoms with Crippen LogP contribution in [0.15, 0.2) is 24.3 Å². The van der Waals surface area contributed by atoms with Crippen molar-refractivity contribution in [2.24, 2.45) is 5.92 Å². The lowest BCUT2D eigenvalue weighted by Crippen LogP contribution is -2.51. The summed E-state index contributed by atoms with van der Waals surface area (Å²) in [6, 6.07) is 6.94. The molecular weight excluding hydrogens is 270 g/mol. The number of hydroxylamine groups is 1. The minimum atomic E-state index is -0.457. The van der Waals surface area contributed by atoms with E-state index in [1.165, 1.54) is 0 Å². The van der Waals surface area contributed by atoms with Crippen LogP contribution in [0.3, 0.4) is 0 Å². The van der Waals surface area contributed by atoms with E-state index < -0.39 is 11.8 Å². The molecule has 0 bridgehead atoms. The van der Waals surface area contributed by atoms with Crippen molar-refractivity contribution in [3.63, 3.8) is 0 Å². The van der Waals surface area contributed by atoms with Gasteiger partial charge in [-0.15, -0.1) is 0 Å². The zero-order valence-electron chi connectivity index (χ0n) is 12.2. The van der Waals surface area contributed by atoms with Crippen LogP contribution >= 0.6 is 0 Å². The SMILES string of the molecule is CNC1CCC(C(=O)NO)C1NC(=O)c1ccc(C)cc1. The number of benzene rings is 1. The van der Waals surface area contributed by atoms with Gasteiger partial charge in [-0.25, -0.2) is 5.48 Å². The maximum absolute atomic E-state index is 12.3. The van der Waals surface area contributed by atoms with Gasteiger partial charge in [-0.3, -0.25) is 14.8 Å². The molecule has 2 amide bonds. The average Bonchev–Trinajstić information content (AvgIpc) is 2.89. The average molecular weight is 291 g/mol. The van der Waals surface area contributed by atoms with E-state index in [2.05, 4.69) is 10.6 Å². The van der Waals surface area contributed by atoms with E-state index in [1.807, 2.05) is 19.1 Å². The molecule has 2 rings (SSSR count). The summed E-state index contributed by atoms with van der Waals surface area (Å²) in [5.74, 6) is -1.10. The van der Waals surface area contributed by atoms with Crippen molar-refractivity contribution >= 4 is 11.8 Å². The number of nitrogens with one attached hydrogen (secondary N) is 3. The summed E-state index contributed by atoms with van der Waals surface area (Å²) >= 11 is 0. The van der Waals surface area contributed by atoms with Crippen LogP contribution in [0.2, 0.25) is 0 Å².